The van der Waals surface area contributed by atoms with Crippen molar-refractivity contribution in [1.82, 2.24) is 0 Å². The van der Waals surface area contributed by atoms with Crippen LogP contribution in [0.5, 0.6) is 11.5 Å². The van der Waals surface area contributed by atoms with E-state index in [9.17, 15) is 5.11 Å². The predicted molar refractivity (Wildman–Crippen MR) is 133 cm³/mol. The number of hydrogen-bond donors (Lipinski definition) is 1. The number of aliphatic hydroxyl groups excluding tert-OH is 1. The summed E-state index contributed by atoms with van der Waals surface area (Å²) in [6.45, 7) is 5.98. The number of anilines is 1. The number of hydrogen-bond acceptors (Lipinski definition) is 5. The number of aromatic nitrogens is 1. The Kier molecular flexibility index (Phi) is 7.31. The third kappa shape index (κ3) is 4.48. The Morgan fingerprint density at radius 1 is 1.12 bits per heavy atom. The molecule has 0 atom stereocenters. The number of nitrogens with zero attached hydrogens (tertiary/aromatic N) is 2. The summed E-state index contributed by atoms with van der Waals surface area (Å²) in [5.41, 5.74) is 3.64. The van der Waals surface area contributed by atoms with E-state index in [1.165, 1.54) is 24.8 Å². The summed E-state index contributed by atoms with van der Waals surface area (Å²) in [7, 11) is 3.40. The van der Waals surface area contributed by atoms with E-state index in [2.05, 4.69) is 59.7 Å². The minimum atomic E-state index is 0.0982. The predicted octanol–water partition coefficient (Wildman–Crippen LogP) is 4.46. The van der Waals surface area contributed by atoms with Gasteiger partial charge in [-0.1, -0.05) is 0 Å². The van der Waals surface area contributed by atoms with Gasteiger partial charge in [-0.3, -0.25) is 0 Å². The van der Waals surface area contributed by atoms with Crippen molar-refractivity contribution in [3.8, 4) is 11.5 Å². The number of thioether (sulfide) groups is 1. The molecule has 0 bridgehead atoms. The van der Waals surface area contributed by atoms with E-state index in [1.54, 1.807) is 26.0 Å². The van der Waals surface area contributed by atoms with Crippen LogP contribution in [0.4, 0.5) is 5.69 Å². The third-order valence-corrected chi connectivity index (χ3v) is 8.99. The molecule has 0 amide bonds. The van der Waals surface area contributed by atoms with Crippen molar-refractivity contribution in [2.45, 2.75) is 31.7 Å². The van der Waals surface area contributed by atoms with E-state index in [-0.39, 0.29) is 21.1 Å². The molecule has 168 valence electrons. The van der Waals surface area contributed by atoms with Crippen LogP contribution in [0.25, 0.3) is 15.9 Å². The Hall–Kier alpha value is -2.18. The van der Waals surface area contributed by atoms with Gasteiger partial charge < -0.3 is 0 Å². The molecule has 0 spiro atoms. The molecule has 2 heterocycles. The van der Waals surface area contributed by atoms with Gasteiger partial charge in [-0.15, -0.1) is 0 Å². The van der Waals surface area contributed by atoms with Gasteiger partial charge >= 0.3 is 200 Å². The molecule has 1 aliphatic heterocycles. The zero-order valence-electron chi connectivity index (χ0n) is 18.9. The van der Waals surface area contributed by atoms with Crippen molar-refractivity contribution in [2.24, 2.45) is 0 Å². The Morgan fingerprint density at radius 2 is 1.88 bits per heavy atom. The van der Waals surface area contributed by atoms with Crippen LogP contribution in [0, 0.1) is 0 Å². The maximum absolute atomic E-state index is 9.68. The average molecular weight is 517 g/mol. The van der Waals surface area contributed by atoms with E-state index in [4.69, 9.17) is 9.47 Å². The van der Waals surface area contributed by atoms with E-state index in [0.717, 1.165) is 35.2 Å². The molecule has 1 N–H and O–H groups in total. The van der Waals surface area contributed by atoms with Gasteiger partial charge in [0.25, 0.3) is 0 Å². The SMILES string of the molecule is CCC(/C=C1\Sc2ccc(OC)cc2N1CCO)=C\c1[se]c2ccc(OC)cc2[n+]1CC. The van der Waals surface area contributed by atoms with Crippen LogP contribution in [0.15, 0.2) is 58.0 Å². The summed E-state index contributed by atoms with van der Waals surface area (Å²) < 4.78 is 16.0. The maximum atomic E-state index is 9.68. The molecule has 7 heteroatoms. The Morgan fingerprint density at radius 3 is 2.56 bits per heavy atom. The topological polar surface area (TPSA) is 45.8 Å². The molecule has 2 aromatic carbocycles. The number of rotatable bonds is 8. The van der Waals surface area contributed by atoms with Crippen LogP contribution in [-0.2, 0) is 6.54 Å². The van der Waals surface area contributed by atoms with Crippen LogP contribution in [-0.4, -0.2) is 47.0 Å². The first kappa shape index (κ1) is 23.0. The average Bonchev–Trinajstić information content (AvgIpc) is 3.34. The van der Waals surface area contributed by atoms with Crippen molar-refractivity contribution in [1.29, 1.82) is 0 Å². The molecule has 0 saturated carbocycles. The summed E-state index contributed by atoms with van der Waals surface area (Å²) in [5, 5.41) is 10.8. The Balaban J connectivity index is 1.74. The van der Waals surface area contributed by atoms with E-state index >= 15 is 0 Å². The second kappa shape index (κ2) is 10.2. The quantitative estimate of drug-likeness (QED) is 0.354. The van der Waals surface area contributed by atoms with Crippen LogP contribution < -0.4 is 18.9 Å². The zero-order chi connectivity index (χ0) is 22.7. The zero-order valence-corrected chi connectivity index (χ0v) is 21.5. The Labute approximate surface area is 199 Å². The standard InChI is InChI=1S/C25H29N2O3SSe/c1-5-17(14-25-26(6-2)21-16-19(30-4)8-10-23(21)32-25)13-24-27(11-12-28)20-15-18(29-3)7-9-22(20)31-24/h7-10,13-16,28H,5-6,11-12H2,1-4H3/q+1. The summed E-state index contributed by atoms with van der Waals surface area (Å²) in [6.07, 6.45) is 5.56. The number of ether oxygens (including phenoxy) is 2. The van der Waals surface area contributed by atoms with Crippen molar-refractivity contribution < 1.29 is 19.1 Å². The van der Waals surface area contributed by atoms with Crippen LogP contribution in [0.2, 0.25) is 0 Å². The molecule has 32 heavy (non-hydrogen) atoms. The first-order chi connectivity index (χ1) is 15.6. The van der Waals surface area contributed by atoms with E-state index in [0.29, 0.717) is 6.54 Å². The number of aliphatic hydroxyl groups is 1. The number of benzene rings is 2. The summed E-state index contributed by atoms with van der Waals surface area (Å²) in [5.74, 6) is 1.73. The molecule has 0 saturated heterocycles. The number of allylic oxidation sites excluding steroid dienone is 2. The molecule has 0 aliphatic carbocycles. The number of methoxy groups -OCH3 is 2. The Bertz CT molecular complexity index is 1190. The van der Waals surface area contributed by atoms with Crippen LogP contribution in [0.1, 0.15) is 24.8 Å². The van der Waals surface area contributed by atoms with Crippen LogP contribution in [0.3, 0.4) is 0 Å². The normalized spacial score (nSPS) is 15.0. The molecule has 1 aromatic heterocycles. The van der Waals surface area contributed by atoms with Gasteiger partial charge in [0.15, 0.2) is 0 Å². The molecule has 5 nitrogen and oxygen atoms in total. The summed E-state index contributed by atoms with van der Waals surface area (Å²) in [6, 6.07) is 12.5. The van der Waals surface area contributed by atoms with E-state index in [1.807, 2.05) is 12.1 Å². The second-order valence-corrected chi connectivity index (χ2v) is 10.7. The summed E-state index contributed by atoms with van der Waals surface area (Å²) >= 11 is 2.01. The molecular formula is C25H29N2O3SSe+. The molecule has 4 rings (SSSR count). The minimum absolute atomic E-state index is 0.0982. The number of β-amino-alcohol motifs (C(OH)–C–C–N with tert-alkyl or cyclic N) is 1. The fourth-order valence-electron chi connectivity index (χ4n) is 3.85. The first-order valence-corrected chi connectivity index (χ1v) is 13.3. The van der Waals surface area contributed by atoms with Gasteiger partial charge in [0.1, 0.15) is 0 Å². The van der Waals surface area contributed by atoms with Gasteiger partial charge in [-0.25, -0.2) is 0 Å². The fourth-order valence-corrected chi connectivity index (χ4v) is 7.48. The van der Waals surface area contributed by atoms with E-state index < -0.39 is 0 Å². The van der Waals surface area contributed by atoms with Crippen molar-refractivity contribution in [2.75, 3.05) is 32.3 Å². The third-order valence-electron chi connectivity index (χ3n) is 5.54. The number of aryl methyl sites for hydroxylation is 1. The van der Waals surface area contributed by atoms with Crippen molar-refractivity contribution >= 4 is 47.8 Å². The van der Waals surface area contributed by atoms with Gasteiger partial charge in [0, 0.05) is 0 Å². The fraction of sp³-hybridized carbons (Fsp3) is 0.320. The number of fused-ring (bicyclic) bond motifs is 2. The van der Waals surface area contributed by atoms with Gasteiger partial charge in [0.05, 0.1) is 0 Å². The van der Waals surface area contributed by atoms with Crippen molar-refractivity contribution in [3.63, 3.8) is 0 Å². The molecule has 1 aliphatic rings. The summed E-state index contributed by atoms with van der Waals surface area (Å²) in [4.78, 5) is 3.38. The van der Waals surface area contributed by atoms with Crippen molar-refractivity contribution in [3.05, 3.63) is 57.6 Å². The van der Waals surface area contributed by atoms with Crippen LogP contribution >= 0.6 is 11.8 Å². The molecule has 0 radical (unpaired) electrons. The van der Waals surface area contributed by atoms with Gasteiger partial charge in [0.2, 0.25) is 0 Å². The first-order valence-electron chi connectivity index (χ1n) is 10.8. The van der Waals surface area contributed by atoms with Gasteiger partial charge in [-0.2, -0.15) is 0 Å². The molecule has 0 fully saturated rings. The van der Waals surface area contributed by atoms with Gasteiger partial charge in [-0.05, 0) is 0 Å². The second-order valence-electron chi connectivity index (χ2n) is 7.38. The molecule has 3 aromatic rings. The molecular weight excluding hydrogens is 487 g/mol. The molecule has 0 unspecified atom stereocenters. The monoisotopic (exact) mass is 517 g/mol.